The van der Waals surface area contributed by atoms with Gasteiger partial charge in [-0.25, -0.2) is 13.6 Å². The molecule has 4 aromatic rings. The van der Waals surface area contributed by atoms with Gasteiger partial charge in [-0.05, 0) is 55.3 Å². The Labute approximate surface area is 217 Å². The van der Waals surface area contributed by atoms with E-state index in [1.165, 1.54) is 24.3 Å². The highest BCUT2D eigenvalue weighted by Crippen LogP contribution is 2.41. The molecule has 0 atom stereocenters. The van der Waals surface area contributed by atoms with Crippen LogP contribution in [0.3, 0.4) is 0 Å². The Morgan fingerprint density at radius 1 is 0.973 bits per heavy atom. The maximum atomic E-state index is 13.6. The lowest BCUT2D eigenvalue weighted by Crippen LogP contribution is -2.40. The summed E-state index contributed by atoms with van der Waals surface area (Å²) >= 11 is 6.09. The van der Waals surface area contributed by atoms with E-state index in [2.05, 4.69) is 15.0 Å². The number of piperidine rings is 1. The Bertz CT molecular complexity index is 1480. The third-order valence-electron chi connectivity index (χ3n) is 7.41. The zero-order valence-electron chi connectivity index (χ0n) is 20.0. The predicted octanol–water partition coefficient (Wildman–Crippen LogP) is 5.62. The summed E-state index contributed by atoms with van der Waals surface area (Å²) in [4.78, 5) is 23.9. The number of nitrogens with zero attached hydrogens (tertiary/aromatic N) is 3. The summed E-state index contributed by atoms with van der Waals surface area (Å²) in [5, 5.41) is 5.02. The SMILES string of the molecule is O=c1[nH]c2cc(Cl)ccc2n1C1CCN(CC2=NOC(c3ccc(F)cc3)(c3ccc(F)cc3)C2)CC1. The van der Waals surface area contributed by atoms with Crippen molar-refractivity contribution in [3.8, 4) is 0 Å². The first-order valence-electron chi connectivity index (χ1n) is 12.3. The molecule has 9 heteroatoms. The molecule has 0 aliphatic carbocycles. The highest BCUT2D eigenvalue weighted by molar-refractivity contribution is 6.31. The molecule has 1 saturated heterocycles. The van der Waals surface area contributed by atoms with Gasteiger partial charge in [-0.2, -0.15) is 0 Å². The number of H-pyrrole nitrogens is 1. The Kier molecular flexibility index (Phi) is 6.09. The van der Waals surface area contributed by atoms with E-state index in [9.17, 15) is 13.6 Å². The maximum absolute atomic E-state index is 13.6. The second-order valence-electron chi connectivity index (χ2n) is 9.74. The number of aromatic amines is 1. The quantitative estimate of drug-likeness (QED) is 0.370. The number of likely N-dealkylation sites (tertiary alicyclic amines) is 1. The molecule has 2 aliphatic rings. The van der Waals surface area contributed by atoms with E-state index in [4.69, 9.17) is 16.4 Å². The van der Waals surface area contributed by atoms with Crippen LogP contribution in [0.25, 0.3) is 11.0 Å². The number of fused-ring (bicyclic) bond motifs is 1. The molecule has 3 aromatic carbocycles. The number of nitrogens with one attached hydrogen (secondary N) is 1. The highest BCUT2D eigenvalue weighted by atomic mass is 35.5. The monoisotopic (exact) mass is 522 g/mol. The van der Waals surface area contributed by atoms with E-state index < -0.39 is 5.60 Å². The van der Waals surface area contributed by atoms with Crippen LogP contribution in [0.5, 0.6) is 0 Å². The summed E-state index contributed by atoms with van der Waals surface area (Å²) in [6.45, 7) is 2.22. The fraction of sp³-hybridized carbons (Fsp3) is 0.286. The van der Waals surface area contributed by atoms with Crippen LogP contribution in [0.4, 0.5) is 8.78 Å². The van der Waals surface area contributed by atoms with Crippen molar-refractivity contribution in [3.05, 3.63) is 105 Å². The molecule has 1 fully saturated rings. The third kappa shape index (κ3) is 4.45. The lowest BCUT2D eigenvalue weighted by atomic mass is 9.82. The largest absolute Gasteiger partial charge is 0.379 e. The van der Waals surface area contributed by atoms with Crippen LogP contribution < -0.4 is 5.69 Å². The molecular formula is C28H25ClF2N4O2. The maximum Gasteiger partial charge on any atom is 0.326 e. The van der Waals surface area contributed by atoms with Gasteiger partial charge in [-0.15, -0.1) is 0 Å². The van der Waals surface area contributed by atoms with Crippen molar-refractivity contribution in [2.45, 2.75) is 30.9 Å². The van der Waals surface area contributed by atoms with Gasteiger partial charge in [0.05, 0.1) is 16.7 Å². The van der Waals surface area contributed by atoms with Crippen molar-refractivity contribution < 1.29 is 13.6 Å². The van der Waals surface area contributed by atoms with E-state index in [0.29, 0.717) is 18.0 Å². The first-order chi connectivity index (χ1) is 17.9. The zero-order valence-corrected chi connectivity index (χ0v) is 20.7. The number of aromatic nitrogens is 2. The van der Waals surface area contributed by atoms with E-state index in [1.54, 1.807) is 36.4 Å². The van der Waals surface area contributed by atoms with Crippen LogP contribution in [-0.4, -0.2) is 39.8 Å². The zero-order chi connectivity index (χ0) is 25.6. The van der Waals surface area contributed by atoms with E-state index in [1.807, 2.05) is 10.6 Å². The minimum Gasteiger partial charge on any atom is -0.379 e. The molecular weight excluding hydrogens is 498 g/mol. The standard InChI is InChI=1S/C28H25ClF2N4O2/c29-20-5-10-26-25(15-20)32-27(36)35(26)24-11-13-34(14-12-24)17-23-16-28(37-33-23,18-1-6-21(30)7-2-18)19-3-8-22(31)9-4-19/h1-10,15,24H,11-14,16-17H2,(H,32,36). The predicted molar refractivity (Wildman–Crippen MR) is 139 cm³/mol. The number of hydrogen-bond acceptors (Lipinski definition) is 4. The topological polar surface area (TPSA) is 62.6 Å². The van der Waals surface area contributed by atoms with Gasteiger partial charge in [0, 0.05) is 48.2 Å². The van der Waals surface area contributed by atoms with Gasteiger partial charge in [0.1, 0.15) is 11.6 Å². The molecule has 37 heavy (non-hydrogen) atoms. The summed E-state index contributed by atoms with van der Waals surface area (Å²) in [5.74, 6) is -0.671. The van der Waals surface area contributed by atoms with E-state index >= 15 is 0 Å². The Morgan fingerprint density at radius 3 is 2.22 bits per heavy atom. The van der Waals surface area contributed by atoms with Crippen molar-refractivity contribution >= 4 is 28.3 Å². The highest BCUT2D eigenvalue weighted by Gasteiger charge is 2.43. The molecule has 0 bridgehead atoms. The smallest absolute Gasteiger partial charge is 0.326 e. The molecule has 2 aliphatic heterocycles. The molecule has 0 amide bonds. The number of benzene rings is 3. The number of hydrogen-bond donors (Lipinski definition) is 1. The molecule has 1 aromatic heterocycles. The van der Waals surface area contributed by atoms with Crippen molar-refractivity contribution in [3.63, 3.8) is 0 Å². The molecule has 0 unspecified atom stereocenters. The van der Waals surface area contributed by atoms with E-state index in [0.717, 1.165) is 53.8 Å². The van der Waals surface area contributed by atoms with Crippen molar-refractivity contribution in [1.29, 1.82) is 0 Å². The van der Waals surface area contributed by atoms with E-state index in [-0.39, 0.29) is 23.4 Å². The average Bonchev–Trinajstić information content (AvgIpc) is 3.46. The average molecular weight is 523 g/mol. The Hall–Kier alpha value is -3.49. The fourth-order valence-corrected chi connectivity index (χ4v) is 5.73. The van der Waals surface area contributed by atoms with Crippen LogP contribution in [0, 0.1) is 11.6 Å². The molecule has 1 N–H and O–H groups in total. The normalized spacial score (nSPS) is 18.2. The van der Waals surface area contributed by atoms with Gasteiger partial charge >= 0.3 is 5.69 Å². The third-order valence-corrected chi connectivity index (χ3v) is 7.65. The summed E-state index contributed by atoms with van der Waals surface area (Å²) < 4.78 is 29.1. The summed E-state index contributed by atoms with van der Waals surface area (Å²) in [6, 6.07) is 17.9. The van der Waals surface area contributed by atoms with Gasteiger partial charge in [-0.1, -0.05) is 41.0 Å². The summed E-state index contributed by atoms with van der Waals surface area (Å²) in [7, 11) is 0. The first kappa shape index (κ1) is 23.9. The second-order valence-corrected chi connectivity index (χ2v) is 10.2. The van der Waals surface area contributed by atoms with Crippen LogP contribution in [0.15, 0.2) is 76.7 Å². The lowest BCUT2D eigenvalue weighted by Gasteiger charge is -2.32. The van der Waals surface area contributed by atoms with Gasteiger partial charge in [0.2, 0.25) is 0 Å². The number of rotatable bonds is 5. The summed E-state index contributed by atoms with van der Waals surface area (Å²) in [6.07, 6.45) is 2.13. The number of imidazole rings is 1. The van der Waals surface area contributed by atoms with Crippen molar-refractivity contribution in [1.82, 2.24) is 14.5 Å². The van der Waals surface area contributed by atoms with Gasteiger partial charge in [0.25, 0.3) is 0 Å². The number of halogens is 3. The minimum atomic E-state index is -0.937. The van der Waals surface area contributed by atoms with Gasteiger partial charge < -0.3 is 9.82 Å². The second kappa shape index (κ2) is 9.43. The van der Waals surface area contributed by atoms with Crippen LogP contribution in [-0.2, 0) is 10.4 Å². The number of oxime groups is 1. The molecule has 6 nitrogen and oxygen atoms in total. The molecule has 0 saturated carbocycles. The van der Waals surface area contributed by atoms with Crippen molar-refractivity contribution in [2.75, 3.05) is 19.6 Å². The van der Waals surface area contributed by atoms with Crippen molar-refractivity contribution in [2.24, 2.45) is 5.16 Å². The fourth-order valence-electron chi connectivity index (χ4n) is 5.55. The first-order valence-corrected chi connectivity index (χ1v) is 12.7. The summed E-state index contributed by atoms with van der Waals surface area (Å²) in [5.41, 5.74) is 2.94. The Balaban J connectivity index is 1.17. The molecule has 190 valence electrons. The molecule has 0 radical (unpaired) electrons. The van der Waals surface area contributed by atoms with Crippen LogP contribution in [0.1, 0.15) is 36.4 Å². The van der Waals surface area contributed by atoms with Gasteiger partial charge in [-0.3, -0.25) is 9.47 Å². The lowest BCUT2D eigenvalue weighted by molar-refractivity contribution is 0.0111. The van der Waals surface area contributed by atoms with Crippen LogP contribution in [0.2, 0.25) is 5.02 Å². The molecule has 0 spiro atoms. The minimum absolute atomic E-state index is 0.0953. The van der Waals surface area contributed by atoms with Crippen LogP contribution >= 0.6 is 11.6 Å². The Morgan fingerprint density at radius 2 is 1.59 bits per heavy atom. The molecule has 3 heterocycles. The molecule has 6 rings (SSSR count). The van der Waals surface area contributed by atoms with Gasteiger partial charge in [0.15, 0.2) is 5.60 Å².